The Kier molecular flexibility index (Phi) is 4.93. The third-order valence-corrected chi connectivity index (χ3v) is 2.63. The molecule has 0 bridgehead atoms. The second kappa shape index (κ2) is 6.03. The number of amides is 1. The van der Waals surface area contributed by atoms with Gasteiger partial charge in [0, 0.05) is 6.07 Å². The maximum Gasteiger partial charge on any atom is 0.460 e. The van der Waals surface area contributed by atoms with Gasteiger partial charge in [0.15, 0.2) is 0 Å². The van der Waals surface area contributed by atoms with Crippen LogP contribution in [-0.4, -0.2) is 39.8 Å². The highest BCUT2D eigenvalue weighted by molar-refractivity contribution is 5.96. The van der Waals surface area contributed by atoms with E-state index in [-0.39, 0.29) is 0 Å². The lowest BCUT2D eigenvalue weighted by Crippen LogP contribution is -2.64. The Morgan fingerprint density at radius 1 is 1.00 bits per heavy atom. The largest absolute Gasteiger partial charge is 0.460 e. The lowest BCUT2D eigenvalue weighted by atomic mass is 10.0. The molecule has 0 saturated carbocycles. The number of nitro groups is 1. The Bertz CT molecular complexity index is 672. The van der Waals surface area contributed by atoms with Crippen LogP contribution in [0.5, 0.6) is 0 Å². The van der Waals surface area contributed by atoms with Crippen LogP contribution in [0.3, 0.4) is 0 Å². The lowest BCUT2D eigenvalue weighted by Gasteiger charge is -2.32. The SMILES string of the molecule is O=C(Nc1ccc([N+](=O)[O-])cn1)C(F)(F)C(F)(F)C(F)(F)C(F)(F)F. The van der Waals surface area contributed by atoms with Gasteiger partial charge < -0.3 is 5.32 Å². The monoisotopic (exact) mass is 385 g/mol. The molecule has 0 aliphatic heterocycles. The van der Waals surface area contributed by atoms with E-state index in [0.29, 0.717) is 18.3 Å². The van der Waals surface area contributed by atoms with E-state index in [4.69, 9.17) is 0 Å². The van der Waals surface area contributed by atoms with Crippen molar-refractivity contribution in [3.63, 3.8) is 0 Å². The highest BCUT2D eigenvalue weighted by Gasteiger charge is 2.83. The molecule has 25 heavy (non-hydrogen) atoms. The van der Waals surface area contributed by atoms with Gasteiger partial charge in [-0.05, 0) is 6.07 Å². The van der Waals surface area contributed by atoms with E-state index in [9.17, 15) is 54.4 Å². The summed E-state index contributed by atoms with van der Waals surface area (Å²) >= 11 is 0. The van der Waals surface area contributed by atoms with Gasteiger partial charge in [-0.2, -0.15) is 39.5 Å². The molecule has 0 atom stereocenters. The van der Waals surface area contributed by atoms with E-state index in [0.717, 1.165) is 5.32 Å². The van der Waals surface area contributed by atoms with Crippen molar-refractivity contribution < 1.29 is 49.2 Å². The van der Waals surface area contributed by atoms with Crippen LogP contribution in [0.25, 0.3) is 0 Å². The van der Waals surface area contributed by atoms with Crippen molar-refractivity contribution in [1.82, 2.24) is 4.98 Å². The fourth-order valence-corrected chi connectivity index (χ4v) is 1.28. The molecule has 0 radical (unpaired) electrons. The molecule has 1 aromatic heterocycles. The Morgan fingerprint density at radius 3 is 1.88 bits per heavy atom. The average molecular weight is 385 g/mol. The Hall–Kier alpha value is -2.61. The fourth-order valence-electron chi connectivity index (χ4n) is 1.28. The number of carbonyl (C=O) groups excluding carboxylic acids is 1. The number of aromatic nitrogens is 1. The molecule has 1 amide bonds. The summed E-state index contributed by atoms with van der Waals surface area (Å²) in [6, 6.07) is 1.04. The van der Waals surface area contributed by atoms with Crippen LogP contribution in [-0.2, 0) is 4.79 Å². The number of rotatable bonds is 5. The van der Waals surface area contributed by atoms with Crippen LogP contribution in [0.4, 0.5) is 51.0 Å². The molecule has 0 saturated heterocycles. The molecule has 1 rings (SSSR count). The molecule has 0 aliphatic carbocycles. The number of alkyl halides is 9. The predicted octanol–water partition coefficient (Wildman–Crippen LogP) is 3.40. The van der Waals surface area contributed by atoms with Crippen LogP contribution in [0.2, 0.25) is 0 Å². The minimum absolute atomic E-state index is 0.385. The van der Waals surface area contributed by atoms with Gasteiger partial charge in [0.05, 0.1) is 4.92 Å². The second-order valence-electron chi connectivity index (χ2n) is 4.33. The average Bonchev–Trinajstić information content (AvgIpc) is 2.46. The van der Waals surface area contributed by atoms with Gasteiger partial charge in [-0.25, -0.2) is 4.98 Å². The van der Waals surface area contributed by atoms with Crippen molar-refractivity contribution in [2.75, 3.05) is 5.32 Å². The summed E-state index contributed by atoms with van der Waals surface area (Å²) in [5, 5.41) is 11.2. The molecule has 0 aliphatic rings. The summed E-state index contributed by atoms with van der Waals surface area (Å²) in [4.78, 5) is 23.3. The topological polar surface area (TPSA) is 85.1 Å². The Balaban J connectivity index is 3.11. The maximum absolute atomic E-state index is 13.2. The van der Waals surface area contributed by atoms with Crippen molar-refractivity contribution in [3.05, 3.63) is 28.4 Å². The zero-order chi connectivity index (χ0) is 19.8. The Labute approximate surface area is 130 Å². The highest BCUT2D eigenvalue weighted by atomic mass is 19.4. The predicted molar refractivity (Wildman–Crippen MR) is 60.4 cm³/mol. The number of nitrogens with zero attached hydrogens (tertiary/aromatic N) is 2. The molecule has 1 heterocycles. The molecule has 6 nitrogen and oxygen atoms in total. The second-order valence-corrected chi connectivity index (χ2v) is 4.33. The number of anilines is 1. The van der Waals surface area contributed by atoms with Gasteiger partial charge in [0.1, 0.15) is 12.0 Å². The highest BCUT2D eigenvalue weighted by Crippen LogP contribution is 2.53. The number of nitrogens with one attached hydrogen (secondary N) is 1. The van der Waals surface area contributed by atoms with Gasteiger partial charge in [-0.1, -0.05) is 0 Å². The summed E-state index contributed by atoms with van der Waals surface area (Å²) in [7, 11) is 0. The van der Waals surface area contributed by atoms with Gasteiger partial charge in [-0.3, -0.25) is 14.9 Å². The summed E-state index contributed by atoms with van der Waals surface area (Å²) in [6.45, 7) is 0. The number of pyridine rings is 1. The van der Waals surface area contributed by atoms with Gasteiger partial charge in [-0.15, -0.1) is 0 Å². The molecule has 0 unspecified atom stereocenters. The third-order valence-electron chi connectivity index (χ3n) is 2.63. The fraction of sp³-hybridized carbons (Fsp3) is 0.400. The van der Waals surface area contributed by atoms with Gasteiger partial charge in [0.2, 0.25) is 0 Å². The summed E-state index contributed by atoms with van der Waals surface area (Å²) in [5.41, 5.74) is -0.710. The smallest absolute Gasteiger partial charge is 0.305 e. The third kappa shape index (κ3) is 3.43. The van der Waals surface area contributed by atoms with Crippen LogP contribution in [0, 0.1) is 10.1 Å². The molecule has 0 fully saturated rings. The molecule has 0 aromatic carbocycles. The first-order chi connectivity index (χ1) is 11.1. The minimum atomic E-state index is -7.22. The maximum atomic E-state index is 13.2. The summed E-state index contributed by atoms with van der Waals surface area (Å²) < 4.78 is 113. The number of hydrogen-bond donors (Lipinski definition) is 1. The van der Waals surface area contributed by atoms with E-state index in [1.165, 1.54) is 0 Å². The van der Waals surface area contributed by atoms with E-state index in [1.54, 1.807) is 0 Å². The number of halogens is 9. The summed E-state index contributed by atoms with van der Waals surface area (Å²) in [5.74, 6) is -25.1. The van der Waals surface area contributed by atoms with E-state index in [2.05, 4.69) is 4.98 Å². The Morgan fingerprint density at radius 2 is 1.52 bits per heavy atom. The molecule has 15 heteroatoms. The molecular formula is C10H4F9N3O3. The van der Waals surface area contributed by atoms with Crippen LogP contribution in [0.1, 0.15) is 0 Å². The molecule has 1 N–H and O–H groups in total. The molecule has 1 aromatic rings. The molecule has 0 spiro atoms. The first-order valence-corrected chi connectivity index (χ1v) is 5.67. The van der Waals surface area contributed by atoms with Crippen molar-refractivity contribution in [2.45, 2.75) is 23.9 Å². The van der Waals surface area contributed by atoms with Crippen molar-refractivity contribution in [2.24, 2.45) is 0 Å². The van der Waals surface area contributed by atoms with Crippen LogP contribution < -0.4 is 5.32 Å². The van der Waals surface area contributed by atoms with E-state index in [1.807, 2.05) is 0 Å². The zero-order valence-electron chi connectivity index (χ0n) is 11.3. The van der Waals surface area contributed by atoms with Crippen molar-refractivity contribution >= 4 is 17.4 Å². The molecular weight excluding hydrogens is 381 g/mol. The minimum Gasteiger partial charge on any atom is -0.305 e. The molecule has 140 valence electrons. The first kappa shape index (κ1) is 20.4. The number of hydrogen-bond acceptors (Lipinski definition) is 4. The van der Waals surface area contributed by atoms with Gasteiger partial charge >= 0.3 is 29.9 Å². The zero-order valence-corrected chi connectivity index (χ0v) is 11.3. The first-order valence-electron chi connectivity index (χ1n) is 5.67. The van der Waals surface area contributed by atoms with Crippen LogP contribution in [0.15, 0.2) is 18.3 Å². The van der Waals surface area contributed by atoms with E-state index < -0.39 is 46.3 Å². The van der Waals surface area contributed by atoms with Crippen LogP contribution >= 0.6 is 0 Å². The quantitative estimate of drug-likeness (QED) is 0.478. The lowest BCUT2D eigenvalue weighted by molar-refractivity contribution is -0.388. The number of carbonyl (C=O) groups is 1. The van der Waals surface area contributed by atoms with Crippen molar-refractivity contribution in [3.8, 4) is 0 Å². The normalized spacial score (nSPS) is 13.5. The van der Waals surface area contributed by atoms with Crippen molar-refractivity contribution in [1.29, 1.82) is 0 Å². The standard InChI is InChI=1S/C10H4F9N3O3/c11-7(12,8(13,14)9(15,16)10(17,18)19)6(23)21-5-2-1-4(3-20-5)22(24)25/h1-3H,(H,20,21,23). The van der Waals surface area contributed by atoms with Gasteiger partial charge in [0.25, 0.3) is 5.69 Å². The summed E-state index contributed by atoms with van der Waals surface area (Å²) in [6.07, 6.45) is -6.68. The van der Waals surface area contributed by atoms with E-state index >= 15 is 0 Å².